The molecule has 0 aliphatic rings. The molecule has 0 radical (unpaired) electrons. The van der Waals surface area contributed by atoms with Crippen molar-refractivity contribution in [2.24, 2.45) is 0 Å². The van der Waals surface area contributed by atoms with Crippen LogP contribution < -0.4 is 0 Å². The van der Waals surface area contributed by atoms with Gasteiger partial charge in [0, 0.05) is 0 Å². The van der Waals surface area contributed by atoms with Gasteiger partial charge in [0.25, 0.3) is 0 Å². The molecule has 1 aromatic heterocycles. The van der Waals surface area contributed by atoms with Gasteiger partial charge in [0.2, 0.25) is 0 Å². The van der Waals surface area contributed by atoms with E-state index in [1.807, 2.05) is 0 Å². The van der Waals surface area contributed by atoms with Crippen LogP contribution in [0.2, 0.25) is 0 Å². The Morgan fingerprint density at radius 2 is 2.22 bits per heavy atom. The van der Waals surface area contributed by atoms with Crippen LogP contribution in [0.25, 0.3) is 0 Å². The molecule has 0 spiro atoms. The maximum absolute atomic E-state index is 10.0. The average molecular weight is 124 g/mol. The van der Waals surface area contributed by atoms with E-state index in [2.05, 4.69) is 10.2 Å². The van der Waals surface area contributed by atoms with Crippen molar-refractivity contribution >= 4 is 12.6 Å². The molecular formula is C5H4N2O2. The van der Waals surface area contributed by atoms with Gasteiger partial charge >= 0.3 is 0 Å². The third kappa shape index (κ3) is 0.861. The molecule has 0 aliphatic heterocycles. The summed E-state index contributed by atoms with van der Waals surface area (Å²) in [4.78, 5) is 20.0. The van der Waals surface area contributed by atoms with Crippen LogP contribution in [0.3, 0.4) is 0 Å². The number of hydrogen-bond donors (Lipinski definition) is 1. The normalized spacial score (nSPS) is 8.89. The number of rotatable bonds is 2. The van der Waals surface area contributed by atoms with Gasteiger partial charge in [-0.15, -0.1) is 0 Å². The van der Waals surface area contributed by atoms with Crippen LogP contribution in [-0.2, 0) is 0 Å². The highest BCUT2D eigenvalue weighted by atomic mass is 16.1. The predicted molar refractivity (Wildman–Crippen MR) is 29.4 cm³/mol. The fraction of sp³-hybridized carbons (Fsp3) is 0. The van der Waals surface area contributed by atoms with Crippen LogP contribution in [-0.4, -0.2) is 22.8 Å². The van der Waals surface area contributed by atoms with E-state index in [9.17, 15) is 9.59 Å². The number of carbonyl (C=O) groups is 2. The van der Waals surface area contributed by atoms with Crippen molar-refractivity contribution in [1.29, 1.82) is 0 Å². The first kappa shape index (κ1) is 5.68. The van der Waals surface area contributed by atoms with E-state index >= 15 is 0 Å². The van der Waals surface area contributed by atoms with Gasteiger partial charge in [-0.05, 0) is 0 Å². The molecule has 1 rings (SSSR count). The molecule has 0 atom stereocenters. The SMILES string of the molecule is O=Cc1cn[nH]c1C=O. The molecule has 0 aliphatic carbocycles. The van der Waals surface area contributed by atoms with E-state index in [1.165, 1.54) is 6.20 Å². The van der Waals surface area contributed by atoms with Crippen LogP contribution in [0.15, 0.2) is 6.20 Å². The molecule has 1 aromatic rings. The average Bonchev–Trinajstić information content (AvgIpc) is 2.33. The van der Waals surface area contributed by atoms with Gasteiger partial charge < -0.3 is 0 Å². The van der Waals surface area contributed by atoms with E-state index in [1.54, 1.807) is 0 Å². The van der Waals surface area contributed by atoms with Crippen LogP contribution >= 0.6 is 0 Å². The summed E-state index contributed by atoms with van der Waals surface area (Å²) in [5, 5.41) is 5.83. The van der Waals surface area contributed by atoms with Gasteiger partial charge in [0.15, 0.2) is 12.6 Å². The minimum atomic E-state index is 0.227. The second-order valence-corrected chi connectivity index (χ2v) is 1.47. The number of aromatic amines is 1. The molecule has 4 nitrogen and oxygen atoms in total. The predicted octanol–water partition coefficient (Wildman–Crippen LogP) is 0.0347. The zero-order valence-electron chi connectivity index (χ0n) is 4.50. The largest absolute Gasteiger partial charge is 0.298 e. The van der Waals surface area contributed by atoms with Gasteiger partial charge in [-0.3, -0.25) is 14.7 Å². The molecule has 0 saturated heterocycles. The van der Waals surface area contributed by atoms with E-state index in [0.29, 0.717) is 18.1 Å². The van der Waals surface area contributed by atoms with Crippen molar-refractivity contribution < 1.29 is 9.59 Å². The molecule has 0 fully saturated rings. The summed E-state index contributed by atoms with van der Waals surface area (Å²) in [5.41, 5.74) is 0.523. The highest BCUT2D eigenvalue weighted by molar-refractivity contribution is 5.87. The van der Waals surface area contributed by atoms with Crippen LogP contribution in [0.4, 0.5) is 0 Å². The molecular weight excluding hydrogens is 120 g/mol. The zero-order valence-corrected chi connectivity index (χ0v) is 4.50. The van der Waals surface area contributed by atoms with Crippen molar-refractivity contribution in [3.63, 3.8) is 0 Å². The summed E-state index contributed by atoms with van der Waals surface area (Å²) in [7, 11) is 0. The number of aromatic nitrogens is 2. The summed E-state index contributed by atoms with van der Waals surface area (Å²) in [6, 6.07) is 0. The zero-order chi connectivity index (χ0) is 6.69. The number of nitrogens with one attached hydrogen (secondary N) is 1. The maximum Gasteiger partial charge on any atom is 0.168 e. The molecule has 1 heterocycles. The summed E-state index contributed by atoms with van der Waals surface area (Å²) in [6.45, 7) is 0. The maximum atomic E-state index is 10.0. The Bertz CT molecular complexity index is 206. The number of carbonyl (C=O) groups excluding carboxylic acids is 2. The van der Waals surface area contributed by atoms with Crippen molar-refractivity contribution in [3.05, 3.63) is 17.5 Å². The fourth-order valence-electron chi connectivity index (χ4n) is 0.494. The standard InChI is InChI=1S/C5H4N2O2/c8-2-4-1-6-7-5(4)3-9/h1-3H,(H,6,7). The summed E-state index contributed by atoms with van der Waals surface area (Å²) in [5.74, 6) is 0. The first-order valence-corrected chi connectivity index (χ1v) is 2.32. The molecule has 0 amide bonds. The number of H-pyrrole nitrogens is 1. The summed E-state index contributed by atoms with van der Waals surface area (Å²) >= 11 is 0. The molecule has 9 heavy (non-hydrogen) atoms. The smallest absolute Gasteiger partial charge is 0.168 e. The summed E-state index contributed by atoms with van der Waals surface area (Å²) < 4.78 is 0. The molecule has 0 unspecified atom stereocenters. The number of nitrogens with zero attached hydrogens (tertiary/aromatic N) is 1. The quantitative estimate of drug-likeness (QED) is 0.566. The minimum absolute atomic E-state index is 0.227. The Morgan fingerprint density at radius 3 is 2.67 bits per heavy atom. The molecule has 1 N–H and O–H groups in total. The van der Waals surface area contributed by atoms with Gasteiger partial charge in [-0.2, -0.15) is 5.10 Å². The lowest BCUT2D eigenvalue weighted by Crippen LogP contribution is -1.84. The lowest BCUT2D eigenvalue weighted by Gasteiger charge is -1.77. The minimum Gasteiger partial charge on any atom is -0.298 e. The number of hydrogen-bond acceptors (Lipinski definition) is 3. The number of aldehydes is 2. The molecule has 0 aromatic carbocycles. The van der Waals surface area contributed by atoms with Crippen molar-refractivity contribution in [2.45, 2.75) is 0 Å². The highest BCUT2D eigenvalue weighted by Gasteiger charge is 1.99. The van der Waals surface area contributed by atoms with Crippen molar-refractivity contribution in [1.82, 2.24) is 10.2 Å². The van der Waals surface area contributed by atoms with Crippen LogP contribution in [0.5, 0.6) is 0 Å². The Balaban J connectivity index is 3.12. The second kappa shape index (κ2) is 2.21. The Kier molecular flexibility index (Phi) is 1.40. The van der Waals surface area contributed by atoms with Gasteiger partial charge in [-0.25, -0.2) is 0 Å². The van der Waals surface area contributed by atoms with E-state index in [0.717, 1.165) is 0 Å². The van der Waals surface area contributed by atoms with Crippen molar-refractivity contribution in [3.8, 4) is 0 Å². The Morgan fingerprint density at radius 1 is 1.44 bits per heavy atom. The van der Waals surface area contributed by atoms with Gasteiger partial charge in [-0.1, -0.05) is 0 Å². The molecule has 0 bridgehead atoms. The van der Waals surface area contributed by atoms with Gasteiger partial charge in [0.05, 0.1) is 11.8 Å². The molecule has 0 saturated carbocycles. The monoisotopic (exact) mass is 124 g/mol. The molecule has 46 valence electrons. The van der Waals surface area contributed by atoms with E-state index in [-0.39, 0.29) is 5.69 Å². The second-order valence-electron chi connectivity index (χ2n) is 1.47. The first-order chi connectivity index (χ1) is 4.38. The van der Waals surface area contributed by atoms with Gasteiger partial charge in [0.1, 0.15) is 5.69 Å². The topological polar surface area (TPSA) is 62.8 Å². The van der Waals surface area contributed by atoms with E-state index in [4.69, 9.17) is 0 Å². The van der Waals surface area contributed by atoms with Crippen LogP contribution in [0, 0.1) is 0 Å². The van der Waals surface area contributed by atoms with Crippen molar-refractivity contribution in [2.75, 3.05) is 0 Å². The van der Waals surface area contributed by atoms with E-state index < -0.39 is 0 Å². The summed E-state index contributed by atoms with van der Waals surface area (Å²) in [6.07, 6.45) is 2.43. The lowest BCUT2D eigenvalue weighted by molar-refractivity contribution is 0.109. The third-order valence-electron chi connectivity index (χ3n) is 0.944. The Labute approximate surface area is 50.9 Å². The first-order valence-electron chi connectivity index (χ1n) is 2.32. The van der Waals surface area contributed by atoms with Crippen LogP contribution in [0.1, 0.15) is 20.8 Å². The fourth-order valence-corrected chi connectivity index (χ4v) is 0.494. The molecule has 4 heteroatoms. The third-order valence-corrected chi connectivity index (χ3v) is 0.944. The lowest BCUT2D eigenvalue weighted by atomic mass is 10.3. The highest BCUT2D eigenvalue weighted by Crippen LogP contribution is 1.95. The Hall–Kier alpha value is -1.45.